The number of rotatable bonds is 4. The van der Waals surface area contributed by atoms with Crippen LogP contribution in [0.4, 0.5) is 37.8 Å². The van der Waals surface area contributed by atoms with E-state index in [4.69, 9.17) is 11.5 Å². The fourth-order valence-electron chi connectivity index (χ4n) is 5.52. The monoisotopic (exact) mass is 670 g/mol. The van der Waals surface area contributed by atoms with Crippen LogP contribution in [0, 0.1) is 0 Å². The molecule has 0 spiro atoms. The molecular formula is C34H32F6N6O2. The summed E-state index contributed by atoms with van der Waals surface area (Å²) in [5, 5.41) is 5.07. The Balaban J connectivity index is 0.000000188. The van der Waals surface area contributed by atoms with Gasteiger partial charge in [-0.2, -0.15) is 26.3 Å². The first-order valence-electron chi connectivity index (χ1n) is 15.1. The number of halogens is 6. The van der Waals surface area contributed by atoms with Crippen molar-refractivity contribution in [3.05, 3.63) is 118 Å². The van der Waals surface area contributed by atoms with Crippen LogP contribution in [-0.4, -0.2) is 33.9 Å². The summed E-state index contributed by atoms with van der Waals surface area (Å²) in [5.74, 6) is -0.818. The number of hydrogen-bond donors (Lipinski definition) is 4. The highest BCUT2D eigenvalue weighted by molar-refractivity contribution is 6.04. The molecule has 2 unspecified atom stereocenters. The number of anilines is 2. The van der Waals surface area contributed by atoms with E-state index >= 15 is 0 Å². The van der Waals surface area contributed by atoms with Crippen LogP contribution < -0.4 is 22.1 Å². The molecule has 0 saturated heterocycles. The number of hydrogen-bond acceptors (Lipinski definition) is 6. The van der Waals surface area contributed by atoms with Crippen LogP contribution in [0.1, 0.15) is 67.1 Å². The van der Waals surface area contributed by atoms with Crippen molar-refractivity contribution in [2.24, 2.45) is 11.5 Å². The number of benzene rings is 3. The summed E-state index contributed by atoms with van der Waals surface area (Å²) in [5.41, 5.74) is 15.7. The summed E-state index contributed by atoms with van der Waals surface area (Å²) < 4.78 is 74.9. The molecule has 6 N–H and O–H groups in total. The molecule has 6 rings (SSSR count). The van der Waals surface area contributed by atoms with Crippen molar-refractivity contribution in [1.29, 1.82) is 0 Å². The molecular weight excluding hydrogens is 638 g/mol. The van der Waals surface area contributed by atoms with Crippen LogP contribution in [0.2, 0.25) is 0 Å². The first-order chi connectivity index (χ1) is 22.7. The molecule has 0 bridgehead atoms. The van der Waals surface area contributed by atoms with Crippen molar-refractivity contribution in [3.8, 4) is 0 Å². The molecule has 3 aromatic carbocycles. The fraction of sp³-hybridized carbons (Fsp3) is 0.294. The zero-order chi connectivity index (χ0) is 34.6. The maximum Gasteiger partial charge on any atom is 0.434 e. The minimum absolute atomic E-state index is 0.0345. The third-order valence-corrected chi connectivity index (χ3v) is 8.12. The van der Waals surface area contributed by atoms with Crippen LogP contribution in [-0.2, 0) is 38.0 Å². The summed E-state index contributed by atoms with van der Waals surface area (Å²) in [4.78, 5) is 31.3. The summed E-state index contributed by atoms with van der Waals surface area (Å²) in [6.45, 7) is 0. The Bertz CT molecular complexity index is 1640. The largest absolute Gasteiger partial charge is 0.434 e. The lowest BCUT2D eigenvalue weighted by atomic mass is 9.87. The normalized spacial score (nSPS) is 17.2. The summed E-state index contributed by atoms with van der Waals surface area (Å²) in [6, 6.07) is 15.5. The van der Waals surface area contributed by atoms with Gasteiger partial charge in [0.25, 0.3) is 11.8 Å². The maximum absolute atomic E-state index is 12.5. The van der Waals surface area contributed by atoms with E-state index in [2.05, 4.69) is 20.6 Å². The number of amides is 2. The van der Waals surface area contributed by atoms with Crippen molar-refractivity contribution in [3.63, 3.8) is 0 Å². The molecule has 8 nitrogen and oxygen atoms in total. The van der Waals surface area contributed by atoms with Gasteiger partial charge in [-0.25, -0.2) is 9.97 Å². The number of aromatic nitrogens is 2. The minimum Gasteiger partial charge on any atom is -0.327 e. The highest BCUT2D eigenvalue weighted by atomic mass is 19.4. The van der Waals surface area contributed by atoms with E-state index in [9.17, 15) is 35.9 Å². The van der Waals surface area contributed by atoms with Gasteiger partial charge in [-0.15, -0.1) is 0 Å². The Morgan fingerprint density at radius 3 is 1.62 bits per heavy atom. The molecule has 1 aromatic heterocycles. The standard InChI is InChI=1S/C18H17F3N2O.C16H15F3N4O/c19-18(20,21)14-4-7-16(8-5-14)23-17(24)13-2-1-12-10-15(22)6-3-11(12)9-13;17-16(18,19)13-7-22-14(8-21-13)23-15(24)11-2-1-10-6-12(20)4-3-9(10)5-11/h1-2,4-5,7-9,15H,3,6,10,22H2,(H,23,24);1-2,5,7-8,12H,3-4,6,20H2,(H,22,23,24). The van der Waals surface area contributed by atoms with E-state index in [0.29, 0.717) is 23.0 Å². The molecule has 4 aromatic rings. The highest BCUT2D eigenvalue weighted by Gasteiger charge is 2.33. The number of aryl methyl sites for hydroxylation is 2. The first kappa shape index (κ1) is 34.5. The van der Waals surface area contributed by atoms with Gasteiger partial charge in [0.1, 0.15) is 0 Å². The number of nitrogens with two attached hydrogens (primary N) is 2. The number of nitrogens with zero attached hydrogens (tertiary/aromatic N) is 2. The number of carbonyl (C=O) groups excluding carboxylic acids is 2. The number of alkyl halides is 6. The van der Waals surface area contributed by atoms with Gasteiger partial charge >= 0.3 is 12.4 Å². The predicted molar refractivity (Wildman–Crippen MR) is 167 cm³/mol. The van der Waals surface area contributed by atoms with Crippen molar-refractivity contribution >= 4 is 23.3 Å². The zero-order valence-electron chi connectivity index (χ0n) is 25.5. The second-order valence-electron chi connectivity index (χ2n) is 11.7. The molecule has 2 atom stereocenters. The lowest BCUT2D eigenvalue weighted by Crippen LogP contribution is -2.28. The van der Waals surface area contributed by atoms with Crippen LogP contribution >= 0.6 is 0 Å². The van der Waals surface area contributed by atoms with Crippen molar-refractivity contribution in [2.75, 3.05) is 10.6 Å². The second kappa shape index (κ2) is 14.1. The summed E-state index contributed by atoms with van der Waals surface area (Å²) in [6.07, 6.45) is -2.51. The van der Waals surface area contributed by atoms with Crippen molar-refractivity contribution in [2.45, 2.75) is 63.0 Å². The molecule has 0 saturated carbocycles. The quantitative estimate of drug-likeness (QED) is 0.187. The second-order valence-corrected chi connectivity index (χ2v) is 11.7. The molecule has 2 aliphatic rings. The average molecular weight is 671 g/mol. The predicted octanol–water partition coefficient (Wildman–Crippen LogP) is 6.34. The third-order valence-electron chi connectivity index (χ3n) is 8.12. The van der Waals surface area contributed by atoms with E-state index < -0.39 is 29.5 Å². The van der Waals surface area contributed by atoms with Gasteiger partial charge < -0.3 is 22.1 Å². The molecule has 1 heterocycles. The van der Waals surface area contributed by atoms with E-state index in [1.165, 1.54) is 12.1 Å². The van der Waals surface area contributed by atoms with Crippen LogP contribution in [0.25, 0.3) is 0 Å². The van der Waals surface area contributed by atoms with E-state index in [0.717, 1.165) is 79.1 Å². The molecule has 252 valence electrons. The average Bonchev–Trinajstić information content (AvgIpc) is 3.04. The third kappa shape index (κ3) is 8.75. The van der Waals surface area contributed by atoms with E-state index in [1.54, 1.807) is 18.2 Å². The van der Waals surface area contributed by atoms with Gasteiger partial charge in [0.05, 0.1) is 18.0 Å². The molecule has 0 fully saturated rings. The number of nitrogens with one attached hydrogen (secondary N) is 2. The SMILES string of the molecule is NC1CCc2cc(C(=O)Nc3ccc(C(F)(F)F)cc3)ccc2C1.NC1CCc2cc(C(=O)Nc3cnc(C(F)(F)F)cn3)ccc2C1. The zero-order valence-corrected chi connectivity index (χ0v) is 25.5. The van der Waals surface area contributed by atoms with Crippen molar-refractivity contribution < 1.29 is 35.9 Å². The van der Waals surface area contributed by atoms with Crippen LogP contribution in [0.15, 0.2) is 73.1 Å². The molecule has 14 heteroatoms. The minimum atomic E-state index is -4.56. The molecule has 48 heavy (non-hydrogen) atoms. The van der Waals surface area contributed by atoms with Crippen LogP contribution in [0.3, 0.4) is 0 Å². The van der Waals surface area contributed by atoms with Gasteiger partial charge in [0, 0.05) is 28.9 Å². The van der Waals surface area contributed by atoms with E-state index in [-0.39, 0.29) is 23.8 Å². The topological polar surface area (TPSA) is 136 Å². The Hall–Kier alpha value is -4.82. The molecule has 2 aliphatic carbocycles. The lowest BCUT2D eigenvalue weighted by Gasteiger charge is -2.21. The van der Waals surface area contributed by atoms with Crippen LogP contribution in [0.5, 0.6) is 0 Å². The number of fused-ring (bicyclic) bond motifs is 2. The Morgan fingerprint density at radius 1 is 0.646 bits per heavy atom. The highest BCUT2D eigenvalue weighted by Crippen LogP contribution is 2.30. The molecule has 0 radical (unpaired) electrons. The number of carbonyl (C=O) groups is 2. The maximum atomic E-state index is 12.5. The van der Waals surface area contributed by atoms with Gasteiger partial charge in [-0.3, -0.25) is 9.59 Å². The van der Waals surface area contributed by atoms with Gasteiger partial charge in [0.15, 0.2) is 11.5 Å². The van der Waals surface area contributed by atoms with Gasteiger partial charge in [-0.1, -0.05) is 12.1 Å². The van der Waals surface area contributed by atoms with E-state index in [1.807, 2.05) is 18.2 Å². The summed E-state index contributed by atoms with van der Waals surface area (Å²) >= 11 is 0. The van der Waals surface area contributed by atoms with Crippen molar-refractivity contribution in [1.82, 2.24) is 9.97 Å². The summed E-state index contributed by atoms with van der Waals surface area (Å²) in [7, 11) is 0. The van der Waals surface area contributed by atoms with Gasteiger partial charge in [0.2, 0.25) is 0 Å². The lowest BCUT2D eigenvalue weighted by molar-refractivity contribution is -0.141. The Labute approximate surface area is 272 Å². The van der Waals surface area contributed by atoms with Gasteiger partial charge in [-0.05, 0) is 109 Å². The fourth-order valence-corrected chi connectivity index (χ4v) is 5.52. The molecule has 0 aliphatic heterocycles. The Morgan fingerprint density at radius 2 is 1.17 bits per heavy atom. The smallest absolute Gasteiger partial charge is 0.327 e. The first-order valence-corrected chi connectivity index (χ1v) is 15.1. The molecule has 2 amide bonds. The Kier molecular flexibility index (Phi) is 10.2.